The van der Waals surface area contributed by atoms with Crippen molar-refractivity contribution in [2.75, 3.05) is 24.6 Å². The molecule has 1 atom stereocenters. The largest absolute Gasteiger partial charge is 0.481 e. The third kappa shape index (κ3) is 4.81. The highest BCUT2D eigenvalue weighted by atomic mass is 32.2. The fourth-order valence-corrected chi connectivity index (χ4v) is 4.70. The summed E-state index contributed by atoms with van der Waals surface area (Å²) in [6.07, 6.45) is -0.182. The fourth-order valence-electron chi connectivity index (χ4n) is 3.03. The van der Waals surface area contributed by atoms with E-state index in [1.165, 1.54) is 4.90 Å². The molecule has 0 bridgehead atoms. The quantitative estimate of drug-likeness (QED) is 0.747. The molecule has 0 aliphatic carbocycles. The minimum Gasteiger partial charge on any atom is -0.481 e. The Balaban J connectivity index is 1.98. The summed E-state index contributed by atoms with van der Waals surface area (Å²) in [5.74, 6) is -0.855. The Labute approximate surface area is 136 Å². The number of likely N-dealkylation sites (tertiary alicyclic amines) is 1. The molecule has 0 radical (unpaired) electrons. The van der Waals surface area contributed by atoms with Crippen LogP contribution in [-0.4, -0.2) is 72.3 Å². The highest BCUT2D eigenvalue weighted by Crippen LogP contribution is 2.29. The molecule has 2 aliphatic rings. The molecule has 2 fully saturated rings. The molecule has 2 N–H and O–H groups in total. The average Bonchev–Trinajstić information content (AvgIpc) is 2.61. The summed E-state index contributed by atoms with van der Waals surface area (Å²) >= 11 is 0. The molecule has 0 aromatic carbocycles. The summed E-state index contributed by atoms with van der Waals surface area (Å²) in [5, 5.41) is 12.3. The molecule has 2 rings (SSSR count). The Hall–Kier alpha value is -1.35. The van der Waals surface area contributed by atoms with Gasteiger partial charge < -0.3 is 20.1 Å². The predicted molar refractivity (Wildman–Crippen MR) is 83.0 cm³/mol. The third-order valence-electron chi connectivity index (χ3n) is 3.87. The molecular formula is C14H24N2O6S. The topological polar surface area (TPSA) is 113 Å². The van der Waals surface area contributed by atoms with Crippen LogP contribution in [0.5, 0.6) is 0 Å². The first kappa shape index (κ1) is 18.0. The standard InChI is InChI=1S/C14H24N2O6S/c1-13(2,3)22-12(19)16-8-14(9-16,6-11(17)18)15-10-4-5-23(20,21)7-10/h10,15H,4-9H2,1-3H3,(H,17,18). The first-order valence-corrected chi connectivity index (χ1v) is 9.40. The lowest BCUT2D eigenvalue weighted by atomic mass is 9.85. The van der Waals surface area contributed by atoms with Gasteiger partial charge in [0.25, 0.3) is 0 Å². The van der Waals surface area contributed by atoms with E-state index < -0.39 is 33.0 Å². The van der Waals surface area contributed by atoms with Crippen LogP contribution in [0.25, 0.3) is 0 Å². The molecule has 2 aliphatic heterocycles. The summed E-state index contributed by atoms with van der Waals surface area (Å²) in [7, 11) is -3.05. The van der Waals surface area contributed by atoms with Gasteiger partial charge in [0.2, 0.25) is 0 Å². The zero-order chi connectivity index (χ0) is 17.5. The third-order valence-corrected chi connectivity index (χ3v) is 5.64. The molecule has 2 saturated heterocycles. The molecule has 9 heteroatoms. The van der Waals surface area contributed by atoms with Crippen LogP contribution in [0.15, 0.2) is 0 Å². The van der Waals surface area contributed by atoms with Crippen molar-refractivity contribution in [3.05, 3.63) is 0 Å². The van der Waals surface area contributed by atoms with Crippen molar-refractivity contribution in [3.8, 4) is 0 Å². The van der Waals surface area contributed by atoms with Crippen molar-refractivity contribution in [2.24, 2.45) is 0 Å². The number of ether oxygens (including phenoxy) is 1. The molecule has 0 aromatic heterocycles. The highest BCUT2D eigenvalue weighted by molar-refractivity contribution is 7.91. The lowest BCUT2D eigenvalue weighted by Crippen LogP contribution is -2.72. The highest BCUT2D eigenvalue weighted by Gasteiger charge is 2.49. The first-order chi connectivity index (χ1) is 10.4. The normalized spacial score (nSPS) is 25.7. The van der Waals surface area contributed by atoms with E-state index in [4.69, 9.17) is 9.84 Å². The number of carbonyl (C=O) groups excluding carboxylic acids is 1. The zero-order valence-corrected chi connectivity index (χ0v) is 14.5. The summed E-state index contributed by atoms with van der Waals surface area (Å²) in [6, 6.07) is -0.264. The van der Waals surface area contributed by atoms with Crippen molar-refractivity contribution in [3.63, 3.8) is 0 Å². The minimum absolute atomic E-state index is 0.0147. The molecule has 1 unspecified atom stereocenters. The maximum absolute atomic E-state index is 12.0. The number of carbonyl (C=O) groups is 2. The van der Waals surface area contributed by atoms with Gasteiger partial charge in [0, 0.05) is 19.1 Å². The van der Waals surface area contributed by atoms with Gasteiger partial charge in [-0.2, -0.15) is 0 Å². The number of nitrogens with one attached hydrogen (secondary N) is 1. The number of nitrogens with zero attached hydrogens (tertiary/aromatic N) is 1. The molecule has 2 heterocycles. The van der Waals surface area contributed by atoms with E-state index in [-0.39, 0.29) is 37.1 Å². The second-order valence-corrected chi connectivity index (χ2v) is 9.66. The molecule has 1 amide bonds. The molecule has 132 valence electrons. The number of hydrogen-bond donors (Lipinski definition) is 2. The van der Waals surface area contributed by atoms with E-state index in [1.807, 2.05) is 0 Å². The van der Waals surface area contributed by atoms with Gasteiger partial charge in [0.15, 0.2) is 9.84 Å². The molecule has 23 heavy (non-hydrogen) atoms. The van der Waals surface area contributed by atoms with Crippen molar-refractivity contribution in [1.82, 2.24) is 10.2 Å². The number of hydrogen-bond acceptors (Lipinski definition) is 6. The van der Waals surface area contributed by atoms with Gasteiger partial charge in [0.05, 0.1) is 23.5 Å². The summed E-state index contributed by atoms with van der Waals surface area (Å²) < 4.78 is 28.3. The molecular weight excluding hydrogens is 324 g/mol. The zero-order valence-electron chi connectivity index (χ0n) is 13.7. The van der Waals surface area contributed by atoms with Gasteiger partial charge in [0.1, 0.15) is 5.60 Å². The van der Waals surface area contributed by atoms with Crippen LogP contribution in [0.1, 0.15) is 33.6 Å². The van der Waals surface area contributed by atoms with Gasteiger partial charge in [-0.3, -0.25) is 4.79 Å². The Morgan fingerprint density at radius 1 is 1.35 bits per heavy atom. The number of aliphatic carboxylic acids is 1. The summed E-state index contributed by atoms with van der Waals surface area (Å²) in [5.41, 5.74) is -1.40. The van der Waals surface area contributed by atoms with Gasteiger partial charge in [-0.1, -0.05) is 0 Å². The van der Waals surface area contributed by atoms with Crippen LogP contribution in [0.2, 0.25) is 0 Å². The Kier molecular flexibility index (Phi) is 4.64. The molecule has 0 spiro atoms. The van der Waals surface area contributed by atoms with Crippen molar-refractivity contribution >= 4 is 21.9 Å². The summed E-state index contributed by atoms with van der Waals surface area (Å²) in [6.45, 7) is 5.68. The average molecular weight is 348 g/mol. The Morgan fingerprint density at radius 3 is 2.39 bits per heavy atom. The van der Waals surface area contributed by atoms with Crippen LogP contribution in [0, 0.1) is 0 Å². The molecule has 0 saturated carbocycles. The van der Waals surface area contributed by atoms with Crippen LogP contribution < -0.4 is 5.32 Å². The van der Waals surface area contributed by atoms with Crippen LogP contribution in [0.4, 0.5) is 4.79 Å². The summed E-state index contributed by atoms with van der Waals surface area (Å²) in [4.78, 5) is 24.5. The minimum atomic E-state index is -3.05. The predicted octanol–water partition coefficient (Wildman–Crippen LogP) is 0.227. The lowest BCUT2D eigenvalue weighted by Gasteiger charge is -2.50. The first-order valence-electron chi connectivity index (χ1n) is 7.58. The number of amides is 1. The maximum atomic E-state index is 12.0. The molecule has 0 aromatic rings. The number of rotatable bonds is 4. The molecule has 8 nitrogen and oxygen atoms in total. The van der Waals surface area contributed by atoms with E-state index in [9.17, 15) is 18.0 Å². The second kappa shape index (κ2) is 5.94. The smallest absolute Gasteiger partial charge is 0.410 e. The maximum Gasteiger partial charge on any atom is 0.410 e. The van der Waals surface area contributed by atoms with Gasteiger partial charge in [-0.15, -0.1) is 0 Å². The van der Waals surface area contributed by atoms with Crippen LogP contribution >= 0.6 is 0 Å². The van der Waals surface area contributed by atoms with E-state index >= 15 is 0 Å². The van der Waals surface area contributed by atoms with Gasteiger partial charge in [-0.25, -0.2) is 13.2 Å². The number of carboxylic acid groups (broad SMARTS) is 1. The van der Waals surface area contributed by atoms with E-state index in [0.717, 1.165) is 0 Å². The Bertz CT molecular complexity index is 589. The van der Waals surface area contributed by atoms with Crippen molar-refractivity contribution in [1.29, 1.82) is 0 Å². The van der Waals surface area contributed by atoms with Crippen molar-refractivity contribution < 1.29 is 27.9 Å². The fraction of sp³-hybridized carbons (Fsp3) is 0.857. The van der Waals surface area contributed by atoms with Gasteiger partial charge in [-0.05, 0) is 27.2 Å². The monoisotopic (exact) mass is 348 g/mol. The Morgan fingerprint density at radius 2 is 1.96 bits per heavy atom. The van der Waals surface area contributed by atoms with Crippen LogP contribution in [-0.2, 0) is 19.4 Å². The number of carboxylic acids is 1. The second-order valence-electron chi connectivity index (χ2n) is 7.43. The number of sulfone groups is 1. The van der Waals surface area contributed by atoms with E-state index in [0.29, 0.717) is 6.42 Å². The van der Waals surface area contributed by atoms with E-state index in [2.05, 4.69) is 5.32 Å². The lowest BCUT2D eigenvalue weighted by molar-refractivity contribution is -0.141. The van der Waals surface area contributed by atoms with Crippen LogP contribution in [0.3, 0.4) is 0 Å². The van der Waals surface area contributed by atoms with Gasteiger partial charge >= 0.3 is 12.1 Å². The van der Waals surface area contributed by atoms with E-state index in [1.54, 1.807) is 20.8 Å². The van der Waals surface area contributed by atoms with Crippen molar-refractivity contribution in [2.45, 2.75) is 50.8 Å². The SMILES string of the molecule is CC(C)(C)OC(=O)N1CC(CC(=O)O)(NC2CCS(=O)(=O)C2)C1.